The zero-order valence-electron chi connectivity index (χ0n) is 12.4. The zero-order valence-corrected chi connectivity index (χ0v) is 12.4. The number of hydrogen-bond acceptors (Lipinski definition) is 4. The van der Waals surface area contributed by atoms with E-state index in [9.17, 15) is 4.79 Å². The van der Waals surface area contributed by atoms with Crippen molar-refractivity contribution in [2.75, 3.05) is 14.2 Å². The molecular formula is C18H15NO3. The van der Waals surface area contributed by atoms with Gasteiger partial charge in [-0.1, -0.05) is 24.3 Å². The van der Waals surface area contributed by atoms with Gasteiger partial charge >= 0.3 is 5.97 Å². The van der Waals surface area contributed by atoms with Crippen molar-refractivity contribution < 1.29 is 14.3 Å². The van der Waals surface area contributed by atoms with Crippen LogP contribution >= 0.6 is 0 Å². The van der Waals surface area contributed by atoms with Gasteiger partial charge in [0.25, 0.3) is 0 Å². The zero-order chi connectivity index (χ0) is 15.5. The summed E-state index contributed by atoms with van der Waals surface area (Å²) < 4.78 is 10.4. The average molecular weight is 293 g/mol. The number of hydrogen-bond donors (Lipinski definition) is 0. The molecule has 0 aliphatic heterocycles. The molecule has 0 amide bonds. The topological polar surface area (TPSA) is 48.4 Å². The molecule has 0 aliphatic carbocycles. The monoisotopic (exact) mass is 293 g/mol. The first-order valence-corrected chi connectivity index (χ1v) is 6.85. The summed E-state index contributed by atoms with van der Waals surface area (Å²) in [5.41, 5.74) is 2.96. The summed E-state index contributed by atoms with van der Waals surface area (Å²) in [5.74, 6) is 0.298. The molecule has 0 spiro atoms. The van der Waals surface area contributed by atoms with Crippen LogP contribution < -0.4 is 4.74 Å². The first kappa shape index (κ1) is 14.1. The Labute approximate surface area is 128 Å². The third-order valence-electron chi connectivity index (χ3n) is 3.55. The molecule has 0 saturated carbocycles. The van der Waals surface area contributed by atoms with Crippen LogP contribution in [0.25, 0.3) is 22.0 Å². The minimum absolute atomic E-state index is 0.371. The first-order chi connectivity index (χ1) is 10.7. The van der Waals surface area contributed by atoms with Crippen molar-refractivity contribution in [1.29, 1.82) is 0 Å². The predicted molar refractivity (Wildman–Crippen MR) is 85.1 cm³/mol. The molecule has 0 bridgehead atoms. The Hall–Kier alpha value is -2.88. The number of carbonyl (C=O) groups is 1. The third kappa shape index (κ3) is 2.39. The van der Waals surface area contributed by atoms with E-state index in [2.05, 4.69) is 4.98 Å². The molecule has 0 N–H and O–H groups in total. The second-order valence-electron chi connectivity index (χ2n) is 4.79. The maximum Gasteiger partial charge on any atom is 0.338 e. The number of benzene rings is 2. The number of rotatable bonds is 3. The molecule has 3 aromatic rings. The van der Waals surface area contributed by atoms with E-state index in [0.29, 0.717) is 11.3 Å². The average Bonchev–Trinajstić information content (AvgIpc) is 2.59. The molecule has 110 valence electrons. The number of ether oxygens (including phenoxy) is 2. The van der Waals surface area contributed by atoms with Crippen LogP contribution in [0.1, 0.15) is 10.4 Å². The third-order valence-corrected chi connectivity index (χ3v) is 3.55. The molecule has 0 unspecified atom stereocenters. The number of methoxy groups -OCH3 is 2. The van der Waals surface area contributed by atoms with Gasteiger partial charge in [-0.2, -0.15) is 0 Å². The van der Waals surface area contributed by atoms with Gasteiger partial charge in [-0.05, 0) is 23.8 Å². The largest absolute Gasteiger partial charge is 0.496 e. The fraction of sp³-hybridized carbons (Fsp3) is 0.111. The van der Waals surface area contributed by atoms with Crippen molar-refractivity contribution in [2.24, 2.45) is 0 Å². The highest BCUT2D eigenvalue weighted by Crippen LogP contribution is 2.35. The molecular weight excluding hydrogens is 278 g/mol. The summed E-state index contributed by atoms with van der Waals surface area (Å²) in [6, 6.07) is 15.0. The van der Waals surface area contributed by atoms with Crippen molar-refractivity contribution in [2.45, 2.75) is 0 Å². The van der Waals surface area contributed by atoms with Gasteiger partial charge in [0.15, 0.2) is 0 Å². The van der Waals surface area contributed by atoms with Crippen molar-refractivity contribution in [3.05, 3.63) is 60.3 Å². The molecule has 4 nitrogen and oxygen atoms in total. The standard InChI is InChI=1S/C18H15NO3/c1-21-17-11-16-12(6-5-9-19-16)10-15(17)13-7-3-4-8-14(13)18(20)22-2/h3-11H,1-2H3. The van der Waals surface area contributed by atoms with Crippen molar-refractivity contribution in [3.8, 4) is 16.9 Å². The number of esters is 1. The highest BCUT2D eigenvalue weighted by Gasteiger charge is 2.16. The highest BCUT2D eigenvalue weighted by atomic mass is 16.5. The fourth-order valence-electron chi connectivity index (χ4n) is 2.49. The van der Waals surface area contributed by atoms with E-state index in [0.717, 1.165) is 22.0 Å². The Morgan fingerprint density at radius 3 is 2.59 bits per heavy atom. The summed E-state index contributed by atoms with van der Waals surface area (Å²) >= 11 is 0. The first-order valence-electron chi connectivity index (χ1n) is 6.85. The smallest absolute Gasteiger partial charge is 0.338 e. The molecule has 0 radical (unpaired) electrons. The van der Waals surface area contributed by atoms with Crippen LogP contribution in [-0.4, -0.2) is 25.2 Å². The molecule has 0 aliphatic rings. The number of carbonyl (C=O) groups excluding carboxylic acids is 1. The highest BCUT2D eigenvalue weighted by molar-refractivity contribution is 6.00. The quantitative estimate of drug-likeness (QED) is 0.691. The molecule has 0 atom stereocenters. The number of pyridine rings is 1. The van der Waals surface area contributed by atoms with Crippen LogP contribution in [0, 0.1) is 0 Å². The van der Waals surface area contributed by atoms with Crippen LogP contribution in [0.2, 0.25) is 0 Å². The molecule has 1 aromatic heterocycles. The minimum atomic E-state index is -0.371. The minimum Gasteiger partial charge on any atom is -0.496 e. The van der Waals surface area contributed by atoms with Crippen molar-refractivity contribution in [1.82, 2.24) is 4.98 Å². The molecule has 3 rings (SSSR count). The summed E-state index contributed by atoms with van der Waals surface area (Å²) in [6.07, 6.45) is 1.74. The van der Waals surface area contributed by atoms with Gasteiger partial charge in [0.1, 0.15) is 5.75 Å². The van der Waals surface area contributed by atoms with Gasteiger partial charge < -0.3 is 9.47 Å². The van der Waals surface area contributed by atoms with E-state index in [1.54, 1.807) is 19.4 Å². The maximum atomic E-state index is 12.0. The van der Waals surface area contributed by atoms with Gasteiger partial charge in [0, 0.05) is 23.2 Å². The number of fused-ring (bicyclic) bond motifs is 1. The van der Waals surface area contributed by atoms with E-state index in [-0.39, 0.29) is 5.97 Å². The van der Waals surface area contributed by atoms with Crippen molar-refractivity contribution in [3.63, 3.8) is 0 Å². The molecule has 2 aromatic carbocycles. The molecule has 4 heteroatoms. The summed E-state index contributed by atoms with van der Waals surface area (Å²) in [6.45, 7) is 0. The van der Waals surface area contributed by atoms with Gasteiger partial charge in [0.2, 0.25) is 0 Å². The summed E-state index contributed by atoms with van der Waals surface area (Å²) in [4.78, 5) is 16.3. The van der Waals surface area contributed by atoms with Crippen LogP contribution in [0.15, 0.2) is 54.7 Å². The number of aromatic nitrogens is 1. The Balaban J connectivity index is 2.28. The lowest BCUT2D eigenvalue weighted by Crippen LogP contribution is -2.04. The second kappa shape index (κ2) is 5.85. The Morgan fingerprint density at radius 2 is 1.82 bits per heavy atom. The Morgan fingerprint density at radius 1 is 1.00 bits per heavy atom. The SMILES string of the molecule is COC(=O)c1ccccc1-c1cc2cccnc2cc1OC. The molecule has 1 heterocycles. The summed E-state index contributed by atoms with van der Waals surface area (Å²) in [5, 5.41) is 0.984. The summed E-state index contributed by atoms with van der Waals surface area (Å²) in [7, 11) is 2.98. The predicted octanol–water partition coefficient (Wildman–Crippen LogP) is 3.70. The van der Waals surface area contributed by atoms with E-state index in [1.165, 1.54) is 7.11 Å². The van der Waals surface area contributed by atoms with Gasteiger partial charge in [-0.25, -0.2) is 4.79 Å². The lowest BCUT2D eigenvalue weighted by molar-refractivity contribution is 0.0601. The van der Waals surface area contributed by atoms with Gasteiger partial charge in [0.05, 0.1) is 25.3 Å². The normalized spacial score (nSPS) is 10.5. The van der Waals surface area contributed by atoms with Crippen LogP contribution in [0.3, 0.4) is 0 Å². The van der Waals surface area contributed by atoms with E-state index in [1.807, 2.05) is 42.5 Å². The second-order valence-corrected chi connectivity index (χ2v) is 4.79. The maximum absolute atomic E-state index is 12.0. The van der Waals surface area contributed by atoms with Crippen LogP contribution in [0.5, 0.6) is 5.75 Å². The van der Waals surface area contributed by atoms with Gasteiger partial charge in [-0.15, -0.1) is 0 Å². The van der Waals surface area contributed by atoms with E-state index >= 15 is 0 Å². The van der Waals surface area contributed by atoms with Crippen LogP contribution in [-0.2, 0) is 4.74 Å². The lowest BCUT2D eigenvalue weighted by atomic mass is 9.97. The fourth-order valence-corrected chi connectivity index (χ4v) is 2.49. The molecule has 22 heavy (non-hydrogen) atoms. The van der Waals surface area contributed by atoms with Crippen molar-refractivity contribution >= 4 is 16.9 Å². The van der Waals surface area contributed by atoms with E-state index < -0.39 is 0 Å². The van der Waals surface area contributed by atoms with E-state index in [4.69, 9.17) is 9.47 Å². The lowest BCUT2D eigenvalue weighted by Gasteiger charge is -2.13. The number of nitrogens with zero attached hydrogens (tertiary/aromatic N) is 1. The van der Waals surface area contributed by atoms with Crippen LogP contribution in [0.4, 0.5) is 0 Å². The molecule has 0 fully saturated rings. The molecule has 0 saturated heterocycles. The Kier molecular flexibility index (Phi) is 3.74. The Bertz CT molecular complexity index is 843. The van der Waals surface area contributed by atoms with Gasteiger partial charge in [-0.3, -0.25) is 4.98 Å².